The molecular weight excluding hydrogens is 361 g/mol. The van der Waals surface area contributed by atoms with Crippen molar-refractivity contribution in [2.24, 2.45) is 0 Å². The molecule has 1 aromatic carbocycles. The predicted molar refractivity (Wildman–Crippen MR) is 100 cm³/mol. The molecule has 6 nitrogen and oxygen atoms in total. The topological polar surface area (TPSA) is 61.4 Å². The first kappa shape index (κ1) is 17.9. The molecule has 1 amide bonds. The number of hydrogen-bond donors (Lipinski definition) is 1. The van der Waals surface area contributed by atoms with Crippen molar-refractivity contribution in [1.82, 2.24) is 14.9 Å². The molecule has 0 radical (unpaired) electrons. The van der Waals surface area contributed by atoms with E-state index in [0.717, 1.165) is 32.1 Å². The average Bonchev–Trinajstić information content (AvgIpc) is 2.65. The number of carbonyl (C=O) groups is 1. The molecule has 0 aliphatic carbocycles. The van der Waals surface area contributed by atoms with E-state index < -0.39 is 0 Å². The SMILES string of the molecule is CC(C(=O)Nc1cc(Cl)ccc1Cl)N1CCN(c2ncccn2)CC1. The van der Waals surface area contributed by atoms with E-state index in [1.165, 1.54) is 0 Å². The van der Waals surface area contributed by atoms with Crippen molar-refractivity contribution < 1.29 is 4.79 Å². The molecule has 1 aliphatic rings. The van der Waals surface area contributed by atoms with Gasteiger partial charge in [-0.3, -0.25) is 9.69 Å². The van der Waals surface area contributed by atoms with E-state index in [1.54, 1.807) is 36.7 Å². The van der Waals surface area contributed by atoms with Gasteiger partial charge in [-0.15, -0.1) is 0 Å². The van der Waals surface area contributed by atoms with Crippen LogP contribution < -0.4 is 10.2 Å². The van der Waals surface area contributed by atoms with Crippen LogP contribution in [-0.2, 0) is 4.79 Å². The first-order valence-electron chi connectivity index (χ1n) is 8.06. The Bertz CT molecular complexity index is 735. The molecular formula is C17H19Cl2N5O. The standard InChI is InChI=1S/C17H19Cl2N5O/c1-12(16(25)22-15-11-13(18)3-4-14(15)19)23-7-9-24(10-8-23)17-20-5-2-6-21-17/h2-6,11-12H,7-10H2,1H3,(H,22,25). The zero-order valence-electron chi connectivity index (χ0n) is 13.8. The van der Waals surface area contributed by atoms with Gasteiger partial charge in [0.25, 0.3) is 0 Å². The number of rotatable bonds is 4. The van der Waals surface area contributed by atoms with Crippen LogP contribution >= 0.6 is 23.2 Å². The predicted octanol–water partition coefficient (Wildman–Crippen LogP) is 2.93. The van der Waals surface area contributed by atoms with Crippen LogP contribution in [0.4, 0.5) is 11.6 Å². The zero-order chi connectivity index (χ0) is 17.8. The van der Waals surface area contributed by atoms with Gasteiger partial charge < -0.3 is 10.2 Å². The van der Waals surface area contributed by atoms with Crippen LogP contribution in [-0.4, -0.2) is 53.0 Å². The maximum atomic E-state index is 12.5. The van der Waals surface area contributed by atoms with E-state index in [9.17, 15) is 4.79 Å². The molecule has 8 heteroatoms. The minimum Gasteiger partial charge on any atom is -0.338 e. The van der Waals surface area contributed by atoms with E-state index in [4.69, 9.17) is 23.2 Å². The zero-order valence-corrected chi connectivity index (χ0v) is 15.3. The van der Waals surface area contributed by atoms with Gasteiger partial charge in [0.05, 0.1) is 16.8 Å². The number of anilines is 2. The third kappa shape index (κ3) is 4.39. The number of benzene rings is 1. The molecule has 1 aromatic heterocycles. The largest absolute Gasteiger partial charge is 0.338 e. The summed E-state index contributed by atoms with van der Waals surface area (Å²) in [5.41, 5.74) is 0.530. The quantitative estimate of drug-likeness (QED) is 0.884. The van der Waals surface area contributed by atoms with Gasteiger partial charge in [-0.05, 0) is 31.2 Å². The fraction of sp³-hybridized carbons (Fsp3) is 0.353. The molecule has 2 heterocycles. The lowest BCUT2D eigenvalue weighted by atomic mass is 10.2. The van der Waals surface area contributed by atoms with Crippen molar-refractivity contribution in [3.8, 4) is 0 Å². The number of piperazine rings is 1. The first-order valence-corrected chi connectivity index (χ1v) is 8.82. The maximum absolute atomic E-state index is 12.5. The second-order valence-corrected chi connectivity index (χ2v) is 6.70. The Morgan fingerprint density at radius 2 is 1.84 bits per heavy atom. The molecule has 1 N–H and O–H groups in total. The lowest BCUT2D eigenvalue weighted by Crippen LogP contribution is -2.53. The Labute approximate surface area is 156 Å². The second-order valence-electron chi connectivity index (χ2n) is 5.86. The molecule has 25 heavy (non-hydrogen) atoms. The molecule has 2 aromatic rings. The van der Waals surface area contributed by atoms with Crippen molar-refractivity contribution in [1.29, 1.82) is 0 Å². The Morgan fingerprint density at radius 1 is 1.16 bits per heavy atom. The highest BCUT2D eigenvalue weighted by atomic mass is 35.5. The van der Waals surface area contributed by atoms with Crippen LogP contribution in [0.1, 0.15) is 6.92 Å². The fourth-order valence-electron chi connectivity index (χ4n) is 2.76. The smallest absolute Gasteiger partial charge is 0.241 e. The van der Waals surface area contributed by atoms with Gasteiger partial charge in [-0.25, -0.2) is 9.97 Å². The Kier molecular flexibility index (Phi) is 5.73. The average molecular weight is 380 g/mol. The summed E-state index contributed by atoms with van der Waals surface area (Å²) in [7, 11) is 0. The maximum Gasteiger partial charge on any atom is 0.241 e. The highest BCUT2D eigenvalue weighted by molar-refractivity contribution is 6.35. The van der Waals surface area contributed by atoms with E-state index in [-0.39, 0.29) is 11.9 Å². The summed E-state index contributed by atoms with van der Waals surface area (Å²) in [5, 5.41) is 3.86. The number of halogens is 2. The number of nitrogens with one attached hydrogen (secondary N) is 1. The van der Waals surface area contributed by atoms with Gasteiger partial charge in [0, 0.05) is 43.6 Å². The van der Waals surface area contributed by atoms with Crippen molar-refractivity contribution >= 4 is 40.7 Å². The summed E-state index contributed by atoms with van der Waals surface area (Å²) >= 11 is 12.1. The molecule has 0 bridgehead atoms. The van der Waals surface area contributed by atoms with Crippen LogP contribution in [0.25, 0.3) is 0 Å². The minimum absolute atomic E-state index is 0.103. The van der Waals surface area contributed by atoms with Crippen LogP contribution in [0, 0.1) is 0 Å². The monoisotopic (exact) mass is 379 g/mol. The molecule has 0 saturated carbocycles. The third-order valence-corrected chi connectivity index (χ3v) is 4.83. The van der Waals surface area contributed by atoms with Crippen molar-refractivity contribution in [2.45, 2.75) is 13.0 Å². The van der Waals surface area contributed by atoms with Gasteiger partial charge in [0.2, 0.25) is 11.9 Å². The van der Waals surface area contributed by atoms with E-state index in [1.807, 2.05) is 6.92 Å². The summed E-state index contributed by atoms with van der Waals surface area (Å²) in [6.45, 7) is 4.97. The van der Waals surface area contributed by atoms with E-state index >= 15 is 0 Å². The number of carbonyl (C=O) groups excluding carboxylic acids is 1. The second kappa shape index (κ2) is 7.99. The molecule has 1 atom stereocenters. The minimum atomic E-state index is -0.270. The third-order valence-electron chi connectivity index (χ3n) is 4.26. The molecule has 132 valence electrons. The van der Waals surface area contributed by atoms with Gasteiger partial charge in [0.1, 0.15) is 0 Å². The first-order chi connectivity index (χ1) is 12.0. The normalized spacial score (nSPS) is 16.5. The van der Waals surface area contributed by atoms with Crippen molar-refractivity contribution in [3.63, 3.8) is 0 Å². The highest BCUT2D eigenvalue weighted by Gasteiger charge is 2.26. The molecule has 3 rings (SSSR count). The number of nitrogens with zero attached hydrogens (tertiary/aromatic N) is 4. The van der Waals surface area contributed by atoms with Crippen LogP contribution in [0.5, 0.6) is 0 Å². The van der Waals surface area contributed by atoms with Gasteiger partial charge in [-0.2, -0.15) is 0 Å². The van der Waals surface area contributed by atoms with Gasteiger partial charge in [0.15, 0.2) is 0 Å². The Balaban J connectivity index is 1.57. The highest BCUT2D eigenvalue weighted by Crippen LogP contribution is 2.25. The van der Waals surface area contributed by atoms with Crippen LogP contribution in [0.2, 0.25) is 10.0 Å². The summed E-state index contributed by atoms with van der Waals surface area (Å²) in [6, 6.07) is 6.54. The Morgan fingerprint density at radius 3 is 2.52 bits per heavy atom. The van der Waals surface area contributed by atoms with Crippen LogP contribution in [0.3, 0.4) is 0 Å². The summed E-state index contributed by atoms with van der Waals surface area (Å²) in [6.07, 6.45) is 3.47. The number of aromatic nitrogens is 2. The van der Waals surface area contributed by atoms with E-state index in [2.05, 4.69) is 25.1 Å². The summed E-state index contributed by atoms with van der Waals surface area (Å²) < 4.78 is 0. The van der Waals surface area contributed by atoms with Crippen molar-refractivity contribution in [3.05, 3.63) is 46.7 Å². The lowest BCUT2D eigenvalue weighted by molar-refractivity contribution is -0.120. The summed E-state index contributed by atoms with van der Waals surface area (Å²) in [4.78, 5) is 25.3. The van der Waals surface area contributed by atoms with E-state index in [0.29, 0.717) is 15.7 Å². The molecule has 1 unspecified atom stereocenters. The number of amides is 1. The molecule has 1 aliphatic heterocycles. The lowest BCUT2D eigenvalue weighted by Gasteiger charge is -2.37. The van der Waals surface area contributed by atoms with Gasteiger partial charge >= 0.3 is 0 Å². The van der Waals surface area contributed by atoms with Crippen LogP contribution in [0.15, 0.2) is 36.7 Å². The molecule has 1 saturated heterocycles. The Hall–Kier alpha value is -1.89. The van der Waals surface area contributed by atoms with Crippen molar-refractivity contribution in [2.75, 3.05) is 36.4 Å². The molecule has 1 fully saturated rings. The summed E-state index contributed by atoms with van der Waals surface area (Å²) in [5.74, 6) is 0.624. The van der Waals surface area contributed by atoms with Gasteiger partial charge in [-0.1, -0.05) is 23.2 Å². The fourth-order valence-corrected chi connectivity index (χ4v) is 3.10. The number of hydrogen-bond acceptors (Lipinski definition) is 5. The molecule has 0 spiro atoms.